The van der Waals surface area contributed by atoms with Crippen LogP contribution >= 0.6 is 22.6 Å². The van der Waals surface area contributed by atoms with E-state index in [2.05, 4.69) is 5.32 Å². The van der Waals surface area contributed by atoms with Crippen molar-refractivity contribution in [2.45, 2.75) is 32.7 Å². The van der Waals surface area contributed by atoms with Crippen molar-refractivity contribution in [3.05, 3.63) is 0 Å². The van der Waals surface area contributed by atoms with Gasteiger partial charge in [-0.15, -0.1) is 0 Å². The first-order chi connectivity index (χ1) is 4.83. The molecular weight excluding hydrogens is 257 g/mol. The van der Waals surface area contributed by atoms with Gasteiger partial charge in [-0.25, -0.2) is 0 Å². The summed E-state index contributed by atoms with van der Waals surface area (Å²) >= 11 is 1.65. The molecule has 0 bridgehead atoms. The summed E-state index contributed by atoms with van der Waals surface area (Å²) in [5, 5.41) is 2.68. The second-order valence-corrected chi connectivity index (χ2v) is 4.14. The molecule has 0 saturated heterocycles. The minimum absolute atomic E-state index is 0.0835. The van der Waals surface area contributed by atoms with Gasteiger partial charge in [0.05, 0.1) is 0 Å². The molecule has 0 aromatic carbocycles. The number of ketones is 1. The number of hydrogen-bond acceptors (Lipinski definition) is 2. The van der Waals surface area contributed by atoms with E-state index in [1.165, 1.54) is 6.92 Å². The third kappa shape index (κ3) is 6.28. The van der Waals surface area contributed by atoms with Gasteiger partial charge in [0, 0.05) is 34.6 Å². The number of rotatable bonds is 3. The minimum Gasteiger partial charge on any atom is -0.342 e. The van der Waals surface area contributed by atoms with E-state index in [1.54, 1.807) is 22.6 Å². The SMILES string of the molecule is CC(=O)CC(C)(C)NC(=O)I. The molecule has 0 aliphatic rings. The van der Waals surface area contributed by atoms with Crippen molar-refractivity contribution in [1.29, 1.82) is 0 Å². The maximum absolute atomic E-state index is 10.7. The number of halogens is 1. The van der Waals surface area contributed by atoms with Gasteiger partial charge in [0.15, 0.2) is 0 Å². The third-order valence-electron chi connectivity index (χ3n) is 1.13. The van der Waals surface area contributed by atoms with Crippen LogP contribution in [0, 0.1) is 0 Å². The summed E-state index contributed by atoms with van der Waals surface area (Å²) in [6.45, 7) is 5.16. The first-order valence-electron chi connectivity index (χ1n) is 3.30. The monoisotopic (exact) mass is 269 g/mol. The number of nitrogens with one attached hydrogen (secondary N) is 1. The summed E-state index contributed by atoms with van der Waals surface area (Å²) in [6.07, 6.45) is 0.377. The molecule has 0 spiro atoms. The fourth-order valence-electron chi connectivity index (χ4n) is 0.933. The van der Waals surface area contributed by atoms with Gasteiger partial charge in [-0.3, -0.25) is 9.59 Å². The van der Waals surface area contributed by atoms with Gasteiger partial charge in [-0.05, 0) is 20.8 Å². The molecule has 1 amide bonds. The first-order valence-corrected chi connectivity index (χ1v) is 4.38. The van der Waals surface area contributed by atoms with Gasteiger partial charge < -0.3 is 5.32 Å². The van der Waals surface area contributed by atoms with Crippen molar-refractivity contribution in [2.75, 3.05) is 0 Å². The van der Waals surface area contributed by atoms with E-state index in [0.29, 0.717) is 6.42 Å². The lowest BCUT2D eigenvalue weighted by Crippen LogP contribution is -2.41. The van der Waals surface area contributed by atoms with Crippen LogP contribution < -0.4 is 5.32 Å². The first kappa shape index (κ1) is 10.9. The molecule has 0 fully saturated rings. The molecule has 0 unspecified atom stereocenters. The molecule has 0 saturated carbocycles. The number of carbonyl (C=O) groups excluding carboxylic acids is 2. The predicted octanol–water partition coefficient (Wildman–Crippen LogP) is 1.89. The van der Waals surface area contributed by atoms with Crippen LogP contribution in [0.25, 0.3) is 0 Å². The average molecular weight is 269 g/mol. The molecule has 64 valence electrons. The van der Waals surface area contributed by atoms with E-state index in [9.17, 15) is 9.59 Å². The average Bonchev–Trinajstić information content (AvgIpc) is 1.53. The summed E-state index contributed by atoms with van der Waals surface area (Å²) in [5.74, 6) is 0.0835. The molecule has 0 atom stereocenters. The maximum atomic E-state index is 10.7. The molecule has 0 radical (unpaired) electrons. The summed E-state index contributed by atoms with van der Waals surface area (Å²) in [5.41, 5.74) is -0.413. The Morgan fingerprint density at radius 1 is 1.45 bits per heavy atom. The van der Waals surface area contributed by atoms with Crippen molar-refractivity contribution in [2.24, 2.45) is 0 Å². The normalized spacial score (nSPS) is 10.9. The number of hydrogen-bond donors (Lipinski definition) is 1. The Kier molecular flexibility index (Phi) is 3.99. The lowest BCUT2D eigenvalue weighted by atomic mass is 9.99. The van der Waals surface area contributed by atoms with E-state index in [1.807, 2.05) is 13.8 Å². The van der Waals surface area contributed by atoms with Crippen molar-refractivity contribution in [1.82, 2.24) is 5.32 Å². The van der Waals surface area contributed by atoms with Crippen LogP contribution in [0.4, 0.5) is 4.79 Å². The van der Waals surface area contributed by atoms with Crippen LogP contribution in [-0.4, -0.2) is 15.2 Å². The van der Waals surface area contributed by atoms with Crippen LogP contribution in [0.15, 0.2) is 0 Å². The molecule has 0 aliphatic carbocycles. The zero-order valence-electron chi connectivity index (χ0n) is 6.90. The number of carbonyl (C=O) groups is 2. The highest BCUT2D eigenvalue weighted by atomic mass is 127. The molecular formula is C7H12INO2. The predicted molar refractivity (Wildman–Crippen MR) is 51.9 cm³/mol. The number of amides is 1. The summed E-state index contributed by atoms with van der Waals surface area (Å²) in [7, 11) is 0. The van der Waals surface area contributed by atoms with E-state index >= 15 is 0 Å². The Balaban J connectivity index is 3.99. The van der Waals surface area contributed by atoms with Crippen LogP contribution in [0.5, 0.6) is 0 Å². The van der Waals surface area contributed by atoms with Crippen molar-refractivity contribution < 1.29 is 9.59 Å². The largest absolute Gasteiger partial charge is 0.342 e. The highest BCUT2D eigenvalue weighted by molar-refractivity contribution is 14.1. The molecule has 4 heteroatoms. The summed E-state index contributed by atoms with van der Waals surface area (Å²) in [4.78, 5) is 21.3. The van der Waals surface area contributed by atoms with Gasteiger partial charge in [0.1, 0.15) is 5.78 Å². The Bertz CT molecular complexity index is 159. The quantitative estimate of drug-likeness (QED) is 0.483. The Morgan fingerprint density at radius 2 is 1.91 bits per heavy atom. The van der Waals surface area contributed by atoms with E-state index in [4.69, 9.17) is 0 Å². The standard InChI is InChI=1S/C7H12INO2/c1-5(10)4-7(2,3)9-6(8)11/h4H2,1-3H3,(H,9,11). The second-order valence-electron chi connectivity index (χ2n) is 3.16. The molecule has 1 N–H and O–H groups in total. The molecule has 0 heterocycles. The lowest BCUT2D eigenvalue weighted by Gasteiger charge is -2.23. The highest BCUT2D eigenvalue weighted by Gasteiger charge is 2.20. The molecule has 0 aromatic heterocycles. The molecule has 0 aromatic rings. The van der Waals surface area contributed by atoms with E-state index in [-0.39, 0.29) is 9.70 Å². The Labute approximate surface area is 80.1 Å². The minimum atomic E-state index is -0.413. The van der Waals surface area contributed by atoms with Crippen LogP contribution in [0.2, 0.25) is 0 Å². The van der Waals surface area contributed by atoms with E-state index < -0.39 is 5.54 Å². The fraction of sp³-hybridized carbons (Fsp3) is 0.714. The summed E-state index contributed by atoms with van der Waals surface area (Å²) in [6, 6.07) is 0. The van der Waals surface area contributed by atoms with Crippen molar-refractivity contribution >= 4 is 32.3 Å². The van der Waals surface area contributed by atoms with Crippen molar-refractivity contribution in [3.63, 3.8) is 0 Å². The van der Waals surface area contributed by atoms with Gasteiger partial charge in [-0.2, -0.15) is 0 Å². The van der Waals surface area contributed by atoms with Gasteiger partial charge in [0.25, 0.3) is 3.91 Å². The van der Waals surface area contributed by atoms with Gasteiger partial charge >= 0.3 is 0 Å². The van der Waals surface area contributed by atoms with Crippen LogP contribution in [0.3, 0.4) is 0 Å². The molecule has 0 aliphatic heterocycles. The lowest BCUT2D eigenvalue weighted by molar-refractivity contribution is -0.118. The summed E-state index contributed by atoms with van der Waals surface area (Å²) < 4.78 is -0.131. The third-order valence-corrected chi connectivity index (χ3v) is 1.40. The zero-order chi connectivity index (χ0) is 9.07. The molecule has 11 heavy (non-hydrogen) atoms. The zero-order valence-corrected chi connectivity index (χ0v) is 9.06. The fourth-order valence-corrected chi connectivity index (χ4v) is 1.66. The molecule has 3 nitrogen and oxygen atoms in total. The Morgan fingerprint density at radius 3 is 2.18 bits per heavy atom. The highest BCUT2D eigenvalue weighted by Crippen LogP contribution is 2.09. The smallest absolute Gasteiger partial charge is 0.281 e. The van der Waals surface area contributed by atoms with E-state index in [0.717, 1.165) is 0 Å². The van der Waals surface area contributed by atoms with Crippen molar-refractivity contribution in [3.8, 4) is 0 Å². The Hall–Kier alpha value is -0.130. The molecule has 0 rings (SSSR count). The topological polar surface area (TPSA) is 46.2 Å². The van der Waals surface area contributed by atoms with Gasteiger partial charge in [0.2, 0.25) is 0 Å². The number of Topliss-reactive ketones (excluding diaryl/α,β-unsaturated/α-hetero) is 1. The van der Waals surface area contributed by atoms with Crippen LogP contribution in [0.1, 0.15) is 27.2 Å². The van der Waals surface area contributed by atoms with Crippen LogP contribution in [-0.2, 0) is 4.79 Å². The maximum Gasteiger partial charge on any atom is 0.281 e. The van der Waals surface area contributed by atoms with Gasteiger partial charge in [-0.1, -0.05) is 0 Å². The second kappa shape index (κ2) is 4.04.